The first kappa shape index (κ1) is 17.7. The zero-order valence-corrected chi connectivity index (χ0v) is 11.2. The third kappa shape index (κ3) is 5.80. The van der Waals surface area contributed by atoms with Gasteiger partial charge in [0.2, 0.25) is 6.10 Å². The highest BCUT2D eigenvalue weighted by molar-refractivity contribution is 5.79. The summed E-state index contributed by atoms with van der Waals surface area (Å²) in [7, 11) is 0. The first-order chi connectivity index (χ1) is 8.19. The second-order valence-corrected chi connectivity index (χ2v) is 2.46. The third-order valence-electron chi connectivity index (χ3n) is 1.59. The van der Waals surface area contributed by atoms with Crippen LogP contribution in [-0.4, -0.2) is 18.6 Å². The van der Waals surface area contributed by atoms with Gasteiger partial charge in [0.05, 0.1) is 0 Å². The molecule has 0 aromatic carbocycles. The number of ether oxygens (including phenoxy) is 2. The first-order valence-electron chi connectivity index (χ1n) is 5.77. The van der Waals surface area contributed by atoms with E-state index < -0.39 is 12.0 Å². The van der Waals surface area contributed by atoms with E-state index in [4.69, 9.17) is 15.2 Å². The van der Waals surface area contributed by atoms with Gasteiger partial charge in [-0.05, 0) is 12.2 Å². The summed E-state index contributed by atoms with van der Waals surface area (Å²) in [4.78, 5) is 10.7. The molecule has 0 aliphatic carbocycles. The fourth-order valence-corrected chi connectivity index (χ4v) is 0.930. The van der Waals surface area contributed by atoms with Gasteiger partial charge in [-0.2, -0.15) is 0 Å². The van der Waals surface area contributed by atoms with Crippen molar-refractivity contribution >= 4 is 5.91 Å². The molecule has 1 aliphatic heterocycles. The predicted molar refractivity (Wildman–Crippen MR) is 70.1 cm³/mol. The Morgan fingerprint density at radius 1 is 1.24 bits per heavy atom. The molecule has 1 unspecified atom stereocenters. The van der Waals surface area contributed by atoms with Gasteiger partial charge in [-0.15, -0.1) is 0 Å². The molecule has 98 valence electrons. The highest BCUT2D eigenvalue weighted by Crippen LogP contribution is 2.18. The monoisotopic (exact) mass is 241 g/mol. The largest absolute Gasteiger partial charge is 0.485 e. The Hall–Kier alpha value is -1.71. The number of nitrogens with two attached hydrogens (primary N) is 1. The molecule has 0 fully saturated rings. The Morgan fingerprint density at radius 2 is 1.71 bits per heavy atom. The van der Waals surface area contributed by atoms with Crippen molar-refractivity contribution in [3.63, 3.8) is 0 Å². The van der Waals surface area contributed by atoms with E-state index in [1.54, 1.807) is 0 Å². The van der Waals surface area contributed by atoms with Crippen molar-refractivity contribution in [2.24, 2.45) is 5.73 Å². The van der Waals surface area contributed by atoms with Crippen LogP contribution in [0.4, 0.5) is 0 Å². The Morgan fingerprint density at radius 3 is 2.06 bits per heavy atom. The van der Waals surface area contributed by atoms with Crippen LogP contribution in [0, 0.1) is 0 Å². The highest BCUT2D eigenvalue weighted by Gasteiger charge is 2.24. The van der Waals surface area contributed by atoms with Gasteiger partial charge in [-0.3, -0.25) is 4.79 Å². The molecule has 0 aromatic heterocycles. The molecule has 0 saturated heterocycles. The fourth-order valence-electron chi connectivity index (χ4n) is 0.930. The van der Waals surface area contributed by atoms with E-state index in [1.807, 2.05) is 27.7 Å². The van der Waals surface area contributed by atoms with Crippen molar-refractivity contribution in [1.82, 2.24) is 0 Å². The number of hydrogen-bond acceptors (Lipinski definition) is 3. The van der Waals surface area contributed by atoms with Crippen LogP contribution < -0.4 is 5.73 Å². The molecule has 0 bridgehead atoms. The maximum Gasteiger partial charge on any atom is 0.262 e. The number of rotatable bonds is 3. The molecule has 1 aliphatic rings. The lowest BCUT2D eigenvalue weighted by molar-refractivity contribution is -0.131. The Kier molecular flexibility index (Phi) is 11.2. The molecule has 4 nitrogen and oxygen atoms in total. The normalized spacial score (nSPS) is 17.1. The number of hydrogen-bond donors (Lipinski definition) is 1. The fraction of sp³-hybridized carbons (Fsp3) is 0.462. The molecule has 1 atom stereocenters. The van der Waals surface area contributed by atoms with Crippen molar-refractivity contribution < 1.29 is 14.3 Å². The maximum atomic E-state index is 10.7. The predicted octanol–water partition coefficient (Wildman–Crippen LogP) is 2.52. The van der Waals surface area contributed by atoms with E-state index in [9.17, 15) is 4.79 Å². The molecule has 1 rings (SSSR count). The standard InChI is InChI=1S/C9H11NO3.2C2H6/c1-3-6-7(4-2)13-8(5-12-6)9(10)11;2*1-2/h3-4,8H,1-2,5H2,(H2,10,11);2*1-2H3. The van der Waals surface area contributed by atoms with Gasteiger partial charge in [0, 0.05) is 0 Å². The van der Waals surface area contributed by atoms with E-state index in [-0.39, 0.29) is 6.61 Å². The lowest BCUT2D eigenvalue weighted by atomic mass is 10.3. The molecule has 4 heteroatoms. The zero-order valence-electron chi connectivity index (χ0n) is 11.2. The second-order valence-electron chi connectivity index (χ2n) is 2.46. The van der Waals surface area contributed by atoms with Crippen LogP contribution in [-0.2, 0) is 14.3 Å². The van der Waals surface area contributed by atoms with Gasteiger partial charge in [-0.25, -0.2) is 0 Å². The summed E-state index contributed by atoms with van der Waals surface area (Å²) in [5.41, 5.74) is 5.04. The zero-order chi connectivity index (χ0) is 13.8. The van der Waals surface area contributed by atoms with Crippen molar-refractivity contribution in [3.8, 4) is 0 Å². The van der Waals surface area contributed by atoms with Crippen molar-refractivity contribution in [3.05, 3.63) is 36.8 Å². The van der Waals surface area contributed by atoms with Crippen LogP contribution in [0.25, 0.3) is 0 Å². The van der Waals surface area contributed by atoms with E-state index in [0.717, 1.165) is 0 Å². The van der Waals surface area contributed by atoms with Crippen LogP contribution in [0.2, 0.25) is 0 Å². The molecule has 17 heavy (non-hydrogen) atoms. The summed E-state index contributed by atoms with van der Waals surface area (Å²) in [5.74, 6) is 0.319. The van der Waals surface area contributed by atoms with Crippen LogP contribution in [0.15, 0.2) is 36.8 Å². The van der Waals surface area contributed by atoms with Gasteiger partial charge in [0.1, 0.15) is 6.61 Å². The average molecular weight is 241 g/mol. The number of primary amides is 1. The quantitative estimate of drug-likeness (QED) is 0.825. The van der Waals surface area contributed by atoms with Gasteiger partial charge < -0.3 is 15.2 Å². The molecular weight excluding hydrogens is 218 g/mol. The minimum Gasteiger partial charge on any atom is -0.485 e. The molecular formula is C13H23NO3. The minimum absolute atomic E-state index is 0.119. The molecule has 0 radical (unpaired) electrons. The third-order valence-corrected chi connectivity index (χ3v) is 1.59. The first-order valence-corrected chi connectivity index (χ1v) is 5.77. The van der Waals surface area contributed by atoms with Crippen LogP contribution in [0.3, 0.4) is 0 Å². The minimum atomic E-state index is -0.739. The Balaban J connectivity index is 0. The number of amides is 1. The highest BCUT2D eigenvalue weighted by atomic mass is 16.6. The molecule has 2 N–H and O–H groups in total. The number of carbonyl (C=O) groups is 1. The van der Waals surface area contributed by atoms with E-state index in [2.05, 4.69) is 13.2 Å². The smallest absolute Gasteiger partial charge is 0.262 e. The van der Waals surface area contributed by atoms with Crippen LogP contribution in [0.1, 0.15) is 27.7 Å². The van der Waals surface area contributed by atoms with Crippen LogP contribution in [0.5, 0.6) is 0 Å². The lowest BCUT2D eigenvalue weighted by Gasteiger charge is -2.24. The number of carbonyl (C=O) groups excluding carboxylic acids is 1. The Bertz CT molecular complexity index is 282. The summed E-state index contributed by atoms with van der Waals surface area (Å²) < 4.78 is 10.4. The van der Waals surface area contributed by atoms with E-state index >= 15 is 0 Å². The van der Waals surface area contributed by atoms with E-state index in [0.29, 0.717) is 11.5 Å². The molecule has 1 amide bonds. The summed E-state index contributed by atoms with van der Waals surface area (Å²) in [6, 6.07) is 0. The molecule has 1 heterocycles. The summed E-state index contributed by atoms with van der Waals surface area (Å²) in [6.07, 6.45) is 2.21. The molecule has 0 spiro atoms. The number of allylic oxidation sites excluding steroid dienone is 2. The SMILES string of the molecule is C=CC1=C(C=C)OC(C(N)=O)CO1.CC.CC. The summed E-state index contributed by atoms with van der Waals surface area (Å²) >= 11 is 0. The Labute approximate surface area is 104 Å². The van der Waals surface area contributed by atoms with Crippen molar-refractivity contribution in [2.75, 3.05) is 6.61 Å². The molecule has 0 saturated carbocycles. The topological polar surface area (TPSA) is 61.5 Å². The van der Waals surface area contributed by atoms with Crippen molar-refractivity contribution in [2.45, 2.75) is 33.8 Å². The van der Waals surface area contributed by atoms with Gasteiger partial charge in [0.25, 0.3) is 5.91 Å². The maximum absolute atomic E-state index is 10.7. The molecule has 0 aromatic rings. The van der Waals surface area contributed by atoms with Gasteiger partial charge in [0.15, 0.2) is 11.5 Å². The summed E-state index contributed by atoms with van der Waals surface area (Å²) in [5, 5.41) is 0. The van der Waals surface area contributed by atoms with Crippen molar-refractivity contribution in [1.29, 1.82) is 0 Å². The van der Waals surface area contributed by atoms with Gasteiger partial charge >= 0.3 is 0 Å². The van der Waals surface area contributed by atoms with Gasteiger partial charge in [-0.1, -0.05) is 40.9 Å². The van der Waals surface area contributed by atoms with E-state index in [1.165, 1.54) is 12.2 Å². The second kappa shape index (κ2) is 10.8. The summed E-state index contributed by atoms with van der Waals surface area (Å²) in [6.45, 7) is 15.2. The van der Waals surface area contributed by atoms with Crippen LogP contribution >= 0.6 is 0 Å². The lowest BCUT2D eigenvalue weighted by Crippen LogP contribution is -2.37. The average Bonchev–Trinajstić information content (AvgIpc) is 2.42.